The van der Waals surface area contributed by atoms with Crippen LogP contribution in [0.2, 0.25) is 0 Å². The summed E-state index contributed by atoms with van der Waals surface area (Å²) >= 11 is 3.33. The number of carbonyl (C=O) groups is 1. The summed E-state index contributed by atoms with van der Waals surface area (Å²) in [5, 5.41) is 11.8. The molecule has 1 aromatic heterocycles. The smallest absolute Gasteiger partial charge is 0.308 e. The number of nitrogens with one attached hydrogen (secondary N) is 1. The lowest BCUT2D eigenvalue weighted by Crippen LogP contribution is -2.19. The van der Waals surface area contributed by atoms with E-state index in [0.717, 1.165) is 16.7 Å². The lowest BCUT2D eigenvalue weighted by Gasteiger charge is -2.05. The van der Waals surface area contributed by atoms with E-state index < -0.39 is 11.9 Å². The van der Waals surface area contributed by atoms with Crippen molar-refractivity contribution in [2.75, 3.05) is 11.9 Å². The SMILES string of the molecule is CC(CNc1nc(-c2ccc(-c3ccc(F)cc3)cc2)c(Br)o1)C(=O)O. The summed E-state index contributed by atoms with van der Waals surface area (Å²) in [6.07, 6.45) is 0. The van der Waals surface area contributed by atoms with Gasteiger partial charge in [-0.05, 0) is 39.2 Å². The molecule has 0 aliphatic rings. The van der Waals surface area contributed by atoms with E-state index in [-0.39, 0.29) is 18.4 Å². The largest absolute Gasteiger partial charge is 0.481 e. The van der Waals surface area contributed by atoms with Crippen molar-refractivity contribution >= 4 is 27.9 Å². The van der Waals surface area contributed by atoms with Gasteiger partial charge in [-0.2, -0.15) is 4.98 Å². The molecule has 26 heavy (non-hydrogen) atoms. The fraction of sp³-hybridized carbons (Fsp3) is 0.158. The molecular formula is C19H16BrFN2O3. The van der Waals surface area contributed by atoms with E-state index in [9.17, 15) is 9.18 Å². The molecule has 1 atom stereocenters. The zero-order valence-corrected chi connectivity index (χ0v) is 15.5. The van der Waals surface area contributed by atoms with Gasteiger partial charge in [0.25, 0.3) is 6.01 Å². The van der Waals surface area contributed by atoms with E-state index >= 15 is 0 Å². The van der Waals surface area contributed by atoms with E-state index in [1.807, 2.05) is 24.3 Å². The monoisotopic (exact) mass is 418 g/mol. The van der Waals surface area contributed by atoms with Gasteiger partial charge < -0.3 is 14.8 Å². The topological polar surface area (TPSA) is 75.4 Å². The highest BCUT2D eigenvalue weighted by atomic mass is 79.9. The van der Waals surface area contributed by atoms with Gasteiger partial charge in [-0.15, -0.1) is 0 Å². The van der Waals surface area contributed by atoms with Crippen molar-refractivity contribution in [1.29, 1.82) is 0 Å². The van der Waals surface area contributed by atoms with Gasteiger partial charge in [-0.3, -0.25) is 4.79 Å². The number of rotatable bonds is 6. The van der Waals surface area contributed by atoms with Crippen molar-refractivity contribution in [1.82, 2.24) is 4.98 Å². The molecule has 2 aromatic carbocycles. The summed E-state index contributed by atoms with van der Waals surface area (Å²) in [7, 11) is 0. The first-order valence-corrected chi connectivity index (χ1v) is 8.72. The van der Waals surface area contributed by atoms with E-state index in [1.165, 1.54) is 12.1 Å². The van der Waals surface area contributed by atoms with Crippen molar-refractivity contribution in [3.63, 3.8) is 0 Å². The van der Waals surface area contributed by atoms with Crippen LogP contribution in [0.5, 0.6) is 0 Å². The number of benzene rings is 2. The van der Waals surface area contributed by atoms with E-state index in [4.69, 9.17) is 9.52 Å². The van der Waals surface area contributed by atoms with Gasteiger partial charge in [0.05, 0.1) is 5.92 Å². The maximum atomic E-state index is 13.0. The van der Waals surface area contributed by atoms with Crippen LogP contribution in [0, 0.1) is 11.7 Å². The first kappa shape index (κ1) is 18.1. The maximum absolute atomic E-state index is 13.0. The molecule has 0 amide bonds. The highest BCUT2D eigenvalue weighted by molar-refractivity contribution is 9.10. The number of hydrogen-bond acceptors (Lipinski definition) is 4. The van der Waals surface area contributed by atoms with Crippen LogP contribution in [-0.4, -0.2) is 22.6 Å². The number of halogens is 2. The quantitative estimate of drug-likeness (QED) is 0.586. The Hall–Kier alpha value is -2.67. The molecule has 5 nitrogen and oxygen atoms in total. The maximum Gasteiger partial charge on any atom is 0.308 e. The van der Waals surface area contributed by atoms with Crippen LogP contribution in [-0.2, 0) is 4.79 Å². The van der Waals surface area contributed by atoms with Gasteiger partial charge >= 0.3 is 5.97 Å². The minimum Gasteiger partial charge on any atom is -0.481 e. The molecule has 0 bridgehead atoms. The standard InChI is InChI=1S/C19H16BrFN2O3/c1-11(18(24)25)10-22-19-23-16(17(20)26-19)14-4-2-12(3-5-14)13-6-8-15(21)9-7-13/h2-9,11H,10H2,1H3,(H,22,23)(H,24,25). The highest BCUT2D eigenvalue weighted by Gasteiger charge is 2.16. The molecular weight excluding hydrogens is 403 g/mol. The molecule has 2 N–H and O–H groups in total. The van der Waals surface area contributed by atoms with Gasteiger partial charge in [-0.25, -0.2) is 4.39 Å². The van der Waals surface area contributed by atoms with E-state index in [2.05, 4.69) is 26.2 Å². The zero-order chi connectivity index (χ0) is 18.7. The Morgan fingerprint density at radius 1 is 1.15 bits per heavy atom. The molecule has 3 aromatic rings. The number of oxazole rings is 1. The van der Waals surface area contributed by atoms with Crippen LogP contribution in [0.3, 0.4) is 0 Å². The Bertz CT molecular complexity index is 908. The third kappa shape index (κ3) is 4.11. The first-order chi connectivity index (χ1) is 12.4. The second-order valence-electron chi connectivity index (χ2n) is 5.85. The summed E-state index contributed by atoms with van der Waals surface area (Å²) in [6.45, 7) is 1.81. The van der Waals surface area contributed by atoms with Gasteiger partial charge in [0.15, 0.2) is 4.67 Å². The van der Waals surface area contributed by atoms with Crippen LogP contribution in [0.25, 0.3) is 22.4 Å². The lowest BCUT2D eigenvalue weighted by atomic mass is 10.0. The molecule has 0 saturated heterocycles. The number of aliphatic carboxylic acids is 1. The molecule has 0 aliphatic carbocycles. The number of aromatic nitrogens is 1. The van der Waals surface area contributed by atoms with Crippen LogP contribution < -0.4 is 5.32 Å². The Kier molecular flexibility index (Phi) is 5.37. The Labute approximate surface area is 158 Å². The summed E-state index contributed by atoms with van der Waals surface area (Å²) in [5.41, 5.74) is 3.33. The number of anilines is 1. The molecule has 0 saturated carbocycles. The number of carboxylic acid groups (broad SMARTS) is 1. The predicted octanol–water partition coefficient (Wildman–Crippen LogP) is 5.04. The second-order valence-corrected chi connectivity index (χ2v) is 6.57. The average Bonchev–Trinajstić information content (AvgIpc) is 3.01. The van der Waals surface area contributed by atoms with Crippen LogP contribution in [0.4, 0.5) is 10.4 Å². The molecule has 7 heteroatoms. The van der Waals surface area contributed by atoms with Gasteiger partial charge in [0, 0.05) is 12.1 Å². The van der Waals surface area contributed by atoms with Crippen molar-refractivity contribution in [2.45, 2.75) is 6.92 Å². The molecule has 0 spiro atoms. The van der Waals surface area contributed by atoms with E-state index in [1.54, 1.807) is 19.1 Å². The zero-order valence-electron chi connectivity index (χ0n) is 13.9. The normalized spacial score (nSPS) is 12.0. The van der Waals surface area contributed by atoms with Crippen molar-refractivity contribution < 1.29 is 18.7 Å². The second kappa shape index (κ2) is 7.70. The van der Waals surface area contributed by atoms with Crippen molar-refractivity contribution in [3.05, 3.63) is 59.0 Å². The van der Waals surface area contributed by atoms with Gasteiger partial charge in [-0.1, -0.05) is 43.3 Å². The number of hydrogen-bond donors (Lipinski definition) is 2. The minimum absolute atomic E-state index is 0.214. The third-order valence-electron chi connectivity index (χ3n) is 3.90. The van der Waals surface area contributed by atoms with Crippen LogP contribution >= 0.6 is 15.9 Å². The fourth-order valence-electron chi connectivity index (χ4n) is 2.35. The summed E-state index contributed by atoms with van der Waals surface area (Å²) in [5.74, 6) is -1.71. The summed E-state index contributed by atoms with van der Waals surface area (Å²) in [4.78, 5) is 15.2. The van der Waals surface area contributed by atoms with Gasteiger partial charge in [0.1, 0.15) is 11.5 Å². The molecule has 0 fully saturated rings. The summed E-state index contributed by atoms with van der Waals surface area (Å²) < 4.78 is 19.0. The van der Waals surface area contributed by atoms with Crippen LogP contribution in [0.15, 0.2) is 57.6 Å². The lowest BCUT2D eigenvalue weighted by molar-refractivity contribution is -0.140. The molecule has 3 rings (SSSR count). The average molecular weight is 419 g/mol. The third-order valence-corrected chi connectivity index (χ3v) is 4.44. The van der Waals surface area contributed by atoms with E-state index in [0.29, 0.717) is 10.4 Å². The first-order valence-electron chi connectivity index (χ1n) is 7.93. The highest BCUT2D eigenvalue weighted by Crippen LogP contribution is 2.32. The molecule has 0 aliphatic heterocycles. The predicted molar refractivity (Wildman–Crippen MR) is 100 cm³/mol. The van der Waals surface area contributed by atoms with Gasteiger partial charge in [0.2, 0.25) is 0 Å². The Morgan fingerprint density at radius 2 is 1.69 bits per heavy atom. The van der Waals surface area contributed by atoms with Crippen LogP contribution in [0.1, 0.15) is 6.92 Å². The molecule has 1 unspecified atom stereocenters. The Balaban J connectivity index is 1.77. The van der Waals surface area contributed by atoms with Crippen molar-refractivity contribution in [2.24, 2.45) is 5.92 Å². The minimum atomic E-state index is -0.889. The fourth-order valence-corrected chi connectivity index (χ4v) is 2.82. The summed E-state index contributed by atoms with van der Waals surface area (Å²) in [6, 6.07) is 14.2. The molecule has 0 radical (unpaired) electrons. The molecule has 134 valence electrons. The number of nitrogens with zero attached hydrogens (tertiary/aromatic N) is 1. The van der Waals surface area contributed by atoms with Crippen molar-refractivity contribution in [3.8, 4) is 22.4 Å². The number of carboxylic acids is 1. The molecule has 1 heterocycles. The Morgan fingerprint density at radius 3 is 2.27 bits per heavy atom.